The van der Waals surface area contributed by atoms with E-state index >= 15 is 0 Å². The smallest absolute Gasteiger partial charge is 0.241 e. The van der Waals surface area contributed by atoms with E-state index in [2.05, 4.69) is 17.4 Å². The van der Waals surface area contributed by atoms with E-state index < -0.39 is 6.04 Å². The van der Waals surface area contributed by atoms with E-state index in [0.29, 0.717) is 0 Å². The van der Waals surface area contributed by atoms with E-state index in [1.165, 1.54) is 11.1 Å². The zero-order valence-corrected chi connectivity index (χ0v) is 13.4. The zero-order valence-electron chi connectivity index (χ0n) is 12.6. The second-order valence-electron chi connectivity index (χ2n) is 5.77. The molecule has 22 heavy (non-hydrogen) atoms. The Labute approximate surface area is 137 Å². The monoisotopic (exact) mass is 316 g/mol. The van der Waals surface area contributed by atoms with Crippen LogP contribution in [-0.2, 0) is 17.6 Å². The predicted octanol–water partition coefficient (Wildman–Crippen LogP) is 2.70. The fraction of sp³-hybridized carbons (Fsp3) is 0.278. The lowest BCUT2D eigenvalue weighted by molar-refractivity contribution is -0.123. The molecule has 1 atom stereocenters. The highest BCUT2D eigenvalue weighted by atomic mass is 35.5. The number of nitrogens with two attached hydrogens (primary N) is 1. The Bertz CT molecular complexity index is 629. The first-order valence-electron chi connectivity index (χ1n) is 7.33. The maximum Gasteiger partial charge on any atom is 0.241 e. The number of benzene rings is 2. The summed E-state index contributed by atoms with van der Waals surface area (Å²) >= 11 is 0. The van der Waals surface area contributed by atoms with Crippen LogP contribution in [-0.4, -0.2) is 11.9 Å². The molecule has 0 aromatic heterocycles. The van der Waals surface area contributed by atoms with Gasteiger partial charge in [-0.25, -0.2) is 0 Å². The molecule has 4 heteroatoms. The Morgan fingerprint density at radius 3 is 2.18 bits per heavy atom. The summed E-state index contributed by atoms with van der Waals surface area (Å²) in [7, 11) is 0. The fourth-order valence-electron chi connectivity index (χ4n) is 2.88. The van der Waals surface area contributed by atoms with Crippen molar-refractivity contribution in [2.75, 3.05) is 0 Å². The molecule has 3 N–H and O–H groups in total. The number of amides is 1. The summed E-state index contributed by atoms with van der Waals surface area (Å²) in [6.07, 6.45) is 1.78. The lowest BCUT2D eigenvalue weighted by atomic mass is 10.0. The van der Waals surface area contributed by atoms with Crippen molar-refractivity contribution >= 4 is 18.3 Å². The fourth-order valence-corrected chi connectivity index (χ4v) is 2.88. The number of hydrogen-bond acceptors (Lipinski definition) is 2. The molecule has 1 aliphatic carbocycles. The van der Waals surface area contributed by atoms with Crippen LogP contribution >= 0.6 is 12.4 Å². The van der Waals surface area contributed by atoms with Crippen LogP contribution in [0.25, 0.3) is 0 Å². The Morgan fingerprint density at radius 2 is 1.64 bits per heavy atom. The van der Waals surface area contributed by atoms with Gasteiger partial charge in [0.25, 0.3) is 0 Å². The van der Waals surface area contributed by atoms with E-state index in [1.54, 1.807) is 0 Å². The standard InChI is InChI=1S/C18H20N2O.ClH/c1-12-6-8-13(9-7-12)17(19)18(21)20-16-10-14-4-2-3-5-15(14)11-16;/h2-9,16-17H,10-11,19H2,1H3,(H,20,21);1H. The number of carbonyl (C=O) groups is 1. The molecule has 1 aliphatic rings. The van der Waals surface area contributed by atoms with Crippen LogP contribution < -0.4 is 11.1 Å². The van der Waals surface area contributed by atoms with Crippen LogP contribution in [0.3, 0.4) is 0 Å². The molecule has 0 aliphatic heterocycles. The second kappa shape index (κ2) is 6.95. The van der Waals surface area contributed by atoms with Crippen molar-refractivity contribution in [1.82, 2.24) is 5.32 Å². The first-order valence-corrected chi connectivity index (χ1v) is 7.33. The summed E-state index contributed by atoms with van der Waals surface area (Å²) in [4.78, 5) is 12.3. The summed E-state index contributed by atoms with van der Waals surface area (Å²) in [5.41, 5.74) is 10.7. The lowest BCUT2D eigenvalue weighted by Gasteiger charge is -2.17. The van der Waals surface area contributed by atoms with Gasteiger partial charge in [-0.05, 0) is 36.5 Å². The molecule has 3 rings (SSSR count). The number of halogens is 1. The molecule has 0 heterocycles. The zero-order chi connectivity index (χ0) is 14.8. The van der Waals surface area contributed by atoms with E-state index in [0.717, 1.165) is 24.0 Å². The number of nitrogens with one attached hydrogen (secondary N) is 1. The summed E-state index contributed by atoms with van der Waals surface area (Å²) in [6.45, 7) is 2.02. The van der Waals surface area contributed by atoms with Gasteiger partial charge in [0.2, 0.25) is 5.91 Å². The van der Waals surface area contributed by atoms with Crippen molar-refractivity contribution in [3.63, 3.8) is 0 Å². The average Bonchev–Trinajstić information content (AvgIpc) is 2.89. The highest BCUT2D eigenvalue weighted by molar-refractivity contribution is 5.85. The molecule has 2 aromatic carbocycles. The summed E-state index contributed by atoms with van der Waals surface area (Å²) in [5.74, 6) is -0.100. The highest BCUT2D eigenvalue weighted by Gasteiger charge is 2.25. The minimum atomic E-state index is -0.602. The quantitative estimate of drug-likeness (QED) is 0.914. The molecule has 0 fully saturated rings. The van der Waals surface area contributed by atoms with Crippen LogP contribution in [0.1, 0.15) is 28.3 Å². The molecular weight excluding hydrogens is 296 g/mol. The van der Waals surface area contributed by atoms with E-state index in [4.69, 9.17) is 5.73 Å². The second-order valence-corrected chi connectivity index (χ2v) is 5.77. The molecule has 116 valence electrons. The van der Waals surface area contributed by atoms with Gasteiger partial charge < -0.3 is 11.1 Å². The number of aryl methyl sites for hydroxylation is 1. The number of hydrogen-bond donors (Lipinski definition) is 2. The van der Waals surface area contributed by atoms with Gasteiger partial charge in [-0.1, -0.05) is 54.1 Å². The van der Waals surface area contributed by atoms with Crippen molar-refractivity contribution in [3.8, 4) is 0 Å². The lowest BCUT2D eigenvalue weighted by Crippen LogP contribution is -2.41. The summed E-state index contributed by atoms with van der Waals surface area (Å²) in [5, 5.41) is 3.07. The SMILES string of the molecule is Cc1ccc(C(N)C(=O)NC2Cc3ccccc3C2)cc1.Cl. The van der Waals surface area contributed by atoms with Crippen LogP contribution in [0, 0.1) is 6.92 Å². The van der Waals surface area contributed by atoms with Crippen LogP contribution in [0.5, 0.6) is 0 Å². The van der Waals surface area contributed by atoms with E-state index in [1.807, 2.05) is 43.3 Å². The van der Waals surface area contributed by atoms with Gasteiger partial charge >= 0.3 is 0 Å². The molecule has 1 unspecified atom stereocenters. The van der Waals surface area contributed by atoms with Crippen molar-refractivity contribution in [2.45, 2.75) is 31.8 Å². The number of carbonyl (C=O) groups excluding carboxylic acids is 1. The molecule has 0 saturated heterocycles. The minimum absolute atomic E-state index is 0. The first kappa shape index (κ1) is 16.5. The summed E-state index contributed by atoms with van der Waals surface area (Å²) < 4.78 is 0. The predicted molar refractivity (Wildman–Crippen MR) is 91.1 cm³/mol. The van der Waals surface area contributed by atoms with Crippen LogP contribution in [0.15, 0.2) is 48.5 Å². The molecular formula is C18H21ClN2O. The molecule has 0 radical (unpaired) electrons. The van der Waals surface area contributed by atoms with Gasteiger partial charge in [0.05, 0.1) is 0 Å². The van der Waals surface area contributed by atoms with Gasteiger partial charge in [0.1, 0.15) is 6.04 Å². The Morgan fingerprint density at radius 1 is 1.09 bits per heavy atom. The highest BCUT2D eigenvalue weighted by Crippen LogP contribution is 2.22. The molecule has 0 bridgehead atoms. The number of fused-ring (bicyclic) bond motifs is 1. The maximum atomic E-state index is 12.3. The Balaban J connectivity index is 0.00000176. The van der Waals surface area contributed by atoms with Crippen molar-refractivity contribution < 1.29 is 4.79 Å². The number of rotatable bonds is 3. The first-order chi connectivity index (χ1) is 10.1. The molecule has 3 nitrogen and oxygen atoms in total. The van der Waals surface area contributed by atoms with E-state index in [-0.39, 0.29) is 24.4 Å². The third-order valence-electron chi connectivity index (χ3n) is 4.12. The average molecular weight is 317 g/mol. The normalized spacial score (nSPS) is 14.8. The third-order valence-corrected chi connectivity index (χ3v) is 4.12. The van der Waals surface area contributed by atoms with Gasteiger partial charge in [-0.2, -0.15) is 0 Å². The van der Waals surface area contributed by atoms with Gasteiger partial charge in [-0.3, -0.25) is 4.79 Å². The minimum Gasteiger partial charge on any atom is -0.351 e. The van der Waals surface area contributed by atoms with E-state index in [9.17, 15) is 4.79 Å². The summed E-state index contributed by atoms with van der Waals surface area (Å²) in [6, 6.07) is 15.7. The molecule has 0 saturated carbocycles. The van der Waals surface area contributed by atoms with Gasteiger partial charge in [0.15, 0.2) is 0 Å². The third kappa shape index (κ3) is 3.49. The molecule has 1 amide bonds. The Kier molecular flexibility index (Phi) is 5.22. The van der Waals surface area contributed by atoms with Crippen LogP contribution in [0.4, 0.5) is 0 Å². The largest absolute Gasteiger partial charge is 0.351 e. The van der Waals surface area contributed by atoms with Crippen molar-refractivity contribution in [2.24, 2.45) is 5.73 Å². The molecule has 2 aromatic rings. The van der Waals surface area contributed by atoms with Crippen molar-refractivity contribution in [3.05, 3.63) is 70.8 Å². The van der Waals surface area contributed by atoms with Gasteiger partial charge in [0, 0.05) is 6.04 Å². The molecule has 0 spiro atoms. The topological polar surface area (TPSA) is 55.1 Å². The maximum absolute atomic E-state index is 12.3. The van der Waals surface area contributed by atoms with Gasteiger partial charge in [-0.15, -0.1) is 12.4 Å². The Hall–Kier alpha value is -1.84. The van der Waals surface area contributed by atoms with Crippen molar-refractivity contribution in [1.29, 1.82) is 0 Å². The van der Waals surface area contributed by atoms with Crippen LogP contribution in [0.2, 0.25) is 0 Å².